The summed E-state index contributed by atoms with van der Waals surface area (Å²) in [6.07, 6.45) is -6.23. The van der Waals surface area contributed by atoms with Gasteiger partial charge in [0, 0.05) is 13.0 Å². The topological polar surface area (TPSA) is 18.5 Å². The van der Waals surface area contributed by atoms with Gasteiger partial charge in [-0.25, -0.2) is 0 Å². The number of alkyl halides is 3. The highest BCUT2D eigenvalue weighted by molar-refractivity contribution is 6.69. The van der Waals surface area contributed by atoms with E-state index in [0.29, 0.717) is 6.61 Å². The first kappa shape index (κ1) is 17.2. The maximum atomic E-state index is 12.8. The molecule has 0 fully saturated rings. The average molecular weight is 306 g/mol. The Bertz CT molecular complexity index is 388. The van der Waals surface area contributed by atoms with Crippen LogP contribution in [0.2, 0.25) is 19.6 Å². The summed E-state index contributed by atoms with van der Waals surface area (Å²) in [5, 5.41) is 0. The Morgan fingerprint density at radius 3 is 2.20 bits per heavy atom. The van der Waals surface area contributed by atoms with Gasteiger partial charge in [-0.2, -0.15) is 13.2 Å². The summed E-state index contributed by atoms with van der Waals surface area (Å²) in [5.74, 6) is 0. The molecule has 0 bridgehead atoms. The monoisotopic (exact) mass is 306 g/mol. The Morgan fingerprint density at radius 1 is 1.10 bits per heavy atom. The van der Waals surface area contributed by atoms with Crippen LogP contribution < -0.4 is 0 Å². The second kappa shape index (κ2) is 7.24. The van der Waals surface area contributed by atoms with Gasteiger partial charge in [-0.15, -0.1) is 0 Å². The van der Waals surface area contributed by atoms with E-state index in [4.69, 9.17) is 9.16 Å². The van der Waals surface area contributed by atoms with Crippen LogP contribution in [0.3, 0.4) is 0 Å². The van der Waals surface area contributed by atoms with E-state index in [2.05, 4.69) is 0 Å². The van der Waals surface area contributed by atoms with Crippen LogP contribution in [0.25, 0.3) is 0 Å². The van der Waals surface area contributed by atoms with Crippen LogP contribution in [0.15, 0.2) is 30.3 Å². The predicted molar refractivity (Wildman–Crippen MR) is 75.0 cm³/mol. The fourth-order valence-corrected chi connectivity index (χ4v) is 2.78. The van der Waals surface area contributed by atoms with Gasteiger partial charge in [0.25, 0.3) is 0 Å². The smallest absolute Gasteiger partial charge is 0.406 e. The van der Waals surface area contributed by atoms with Crippen molar-refractivity contribution in [1.29, 1.82) is 0 Å². The van der Waals surface area contributed by atoms with Gasteiger partial charge in [0.05, 0.1) is 6.61 Å². The van der Waals surface area contributed by atoms with Gasteiger partial charge in [0.15, 0.2) is 8.32 Å². The molecule has 0 aliphatic rings. The molecule has 1 unspecified atom stereocenters. The molecule has 0 N–H and O–H groups in total. The number of rotatable bonds is 7. The van der Waals surface area contributed by atoms with Gasteiger partial charge in [-0.3, -0.25) is 0 Å². The molecule has 0 aliphatic heterocycles. The molecule has 1 atom stereocenters. The molecule has 1 aromatic carbocycles. The number of hydrogen-bond donors (Lipinski definition) is 0. The highest BCUT2D eigenvalue weighted by Crippen LogP contribution is 2.28. The zero-order chi connectivity index (χ0) is 15.2. The van der Waals surface area contributed by atoms with Gasteiger partial charge in [-0.1, -0.05) is 30.3 Å². The third-order valence-corrected chi connectivity index (χ3v) is 3.49. The Kier molecular flexibility index (Phi) is 6.23. The van der Waals surface area contributed by atoms with Crippen molar-refractivity contribution in [3.05, 3.63) is 35.9 Å². The molecule has 0 heterocycles. The highest BCUT2D eigenvalue weighted by atomic mass is 28.4. The average Bonchev–Trinajstić information content (AvgIpc) is 2.32. The summed E-state index contributed by atoms with van der Waals surface area (Å²) in [6.45, 7) is 5.59. The van der Waals surface area contributed by atoms with Crippen LogP contribution in [0.4, 0.5) is 13.2 Å². The maximum Gasteiger partial charge on any atom is 0.413 e. The highest BCUT2D eigenvalue weighted by Gasteiger charge is 2.42. The molecule has 20 heavy (non-hydrogen) atoms. The van der Waals surface area contributed by atoms with E-state index in [-0.39, 0.29) is 13.0 Å². The lowest BCUT2D eigenvalue weighted by Crippen LogP contribution is -2.41. The molecule has 0 spiro atoms. The minimum atomic E-state index is -4.34. The van der Waals surface area contributed by atoms with Gasteiger partial charge >= 0.3 is 6.18 Å². The third-order valence-electron chi connectivity index (χ3n) is 2.50. The minimum absolute atomic E-state index is 0.0313. The lowest BCUT2D eigenvalue weighted by atomic mass is 10.2. The Morgan fingerprint density at radius 2 is 1.70 bits per heavy atom. The molecule has 1 rings (SSSR count). The number of hydrogen-bond acceptors (Lipinski definition) is 2. The molecule has 2 nitrogen and oxygen atoms in total. The van der Waals surface area contributed by atoms with Crippen molar-refractivity contribution < 1.29 is 22.3 Å². The second-order valence-corrected chi connectivity index (χ2v) is 10.0. The van der Waals surface area contributed by atoms with E-state index in [1.165, 1.54) is 0 Å². The molecular weight excluding hydrogens is 285 g/mol. The minimum Gasteiger partial charge on any atom is -0.406 e. The Hall–Kier alpha value is -0.853. The van der Waals surface area contributed by atoms with Crippen LogP contribution in [0.1, 0.15) is 12.0 Å². The van der Waals surface area contributed by atoms with Crippen molar-refractivity contribution in [3.63, 3.8) is 0 Å². The summed E-state index contributed by atoms with van der Waals surface area (Å²) in [6, 6.07) is 9.36. The lowest BCUT2D eigenvalue weighted by Gasteiger charge is -2.28. The fraction of sp³-hybridized carbons (Fsp3) is 0.571. The van der Waals surface area contributed by atoms with E-state index >= 15 is 0 Å². The van der Waals surface area contributed by atoms with E-state index in [1.54, 1.807) is 19.6 Å². The molecule has 1 aromatic rings. The van der Waals surface area contributed by atoms with Crippen LogP contribution in [0.5, 0.6) is 0 Å². The molecule has 0 radical (unpaired) electrons. The molecule has 0 aromatic heterocycles. The summed E-state index contributed by atoms with van der Waals surface area (Å²) >= 11 is 0. The van der Waals surface area contributed by atoms with Crippen LogP contribution in [-0.2, 0) is 15.8 Å². The first-order valence-corrected chi connectivity index (χ1v) is 9.95. The first-order valence-electron chi connectivity index (χ1n) is 6.55. The van der Waals surface area contributed by atoms with Gasteiger partial charge in [0.2, 0.25) is 0 Å². The van der Waals surface area contributed by atoms with E-state index < -0.39 is 20.6 Å². The lowest BCUT2D eigenvalue weighted by molar-refractivity contribution is -0.202. The van der Waals surface area contributed by atoms with Gasteiger partial charge < -0.3 is 9.16 Å². The van der Waals surface area contributed by atoms with E-state index in [9.17, 15) is 13.2 Å². The Balaban J connectivity index is 2.39. The van der Waals surface area contributed by atoms with Crippen LogP contribution >= 0.6 is 0 Å². The SMILES string of the molecule is C[Si](C)(C)OC(CCOCc1ccccc1)C(F)(F)F. The standard InChI is InChI=1S/C14H21F3O2Si/c1-20(2,3)19-13(14(15,16)17)9-10-18-11-12-7-5-4-6-8-12/h4-8,13H,9-11H2,1-3H3. The van der Waals surface area contributed by atoms with E-state index in [1.807, 2.05) is 30.3 Å². The normalized spacial score (nSPS) is 14.3. The van der Waals surface area contributed by atoms with Crippen LogP contribution in [0, 0.1) is 0 Å². The summed E-state index contributed by atoms with van der Waals surface area (Å²) in [7, 11) is -2.23. The van der Waals surface area contributed by atoms with Gasteiger partial charge in [0.1, 0.15) is 6.10 Å². The molecular formula is C14H21F3O2Si. The quantitative estimate of drug-likeness (QED) is 0.550. The van der Waals surface area contributed by atoms with E-state index in [0.717, 1.165) is 5.56 Å². The third kappa shape index (κ3) is 7.07. The largest absolute Gasteiger partial charge is 0.413 e. The van der Waals surface area contributed by atoms with Crippen molar-refractivity contribution in [3.8, 4) is 0 Å². The first-order chi connectivity index (χ1) is 9.18. The molecule has 0 aliphatic carbocycles. The summed E-state index contributed by atoms with van der Waals surface area (Å²) < 4.78 is 49.0. The fourth-order valence-electron chi connectivity index (χ4n) is 1.67. The number of halogens is 3. The molecule has 6 heteroatoms. The molecule has 114 valence electrons. The number of ether oxygens (including phenoxy) is 1. The zero-order valence-corrected chi connectivity index (χ0v) is 13.0. The predicted octanol–water partition coefficient (Wildman–Crippen LogP) is 4.38. The Labute approximate surface area is 119 Å². The summed E-state index contributed by atoms with van der Waals surface area (Å²) in [5.41, 5.74) is 0.946. The van der Waals surface area contributed by atoms with Gasteiger partial charge in [-0.05, 0) is 25.2 Å². The van der Waals surface area contributed by atoms with Crippen molar-refractivity contribution in [2.75, 3.05) is 6.61 Å². The van der Waals surface area contributed by atoms with Crippen molar-refractivity contribution >= 4 is 8.32 Å². The molecule has 0 saturated carbocycles. The summed E-state index contributed by atoms with van der Waals surface area (Å²) in [4.78, 5) is 0. The van der Waals surface area contributed by atoms with Crippen molar-refractivity contribution in [2.45, 2.75) is 44.9 Å². The van der Waals surface area contributed by atoms with Crippen LogP contribution in [-0.4, -0.2) is 27.2 Å². The zero-order valence-electron chi connectivity index (χ0n) is 12.0. The number of benzene rings is 1. The second-order valence-electron chi connectivity index (χ2n) is 5.59. The molecule has 0 amide bonds. The molecule has 0 saturated heterocycles. The van der Waals surface area contributed by atoms with Crippen molar-refractivity contribution in [1.82, 2.24) is 0 Å². The maximum absolute atomic E-state index is 12.8. The van der Waals surface area contributed by atoms with Crippen molar-refractivity contribution in [2.24, 2.45) is 0 Å².